The highest BCUT2D eigenvalue weighted by atomic mass is 79.9. The molecule has 1 rings (SSSR count). The van der Waals surface area contributed by atoms with Crippen LogP contribution in [0.5, 0.6) is 0 Å². The van der Waals surface area contributed by atoms with Gasteiger partial charge in [-0.05, 0) is 30.2 Å². The van der Waals surface area contributed by atoms with E-state index in [0.29, 0.717) is 16.5 Å². The van der Waals surface area contributed by atoms with Gasteiger partial charge in [0.1, 0.15) is 5.82 Å². The van der Waals surface area contributed by atoms with Gasteiger partial charge in [-0.15, -0.1) is 0 Å². The molecule has 1 N–H and O–H groups in total. The first-order valence-corrected chi connectivity index (χ1v) is 5.07. The molecule has 1 atom stereocenters. The zero-order chi connectivity index (χ0) is 9.84. The van der Waals surface area contributed by atoms with E-state index in [1.54, 1.807) is 6.07 Å². The molecule has 13 heavy (non-hydrogen) atoms. The van der Waals surface area contributed by atoms with Crippen molar-refractivity contribution in [2.45, 2.75) is 25.9 Å². The zero-order valence-corrected chi connectivity index (χ0v) is 9.01. The standard InChI is InChI=1S/C10H12BrFO/c1-2-3-10(13)7-4-8(11)6-9(12)5-7/h4-6,10,13H,2-3H2,1H3/t10-/m0/s1. The minimum atomic E-state index is -0.558. The molecule has 1 nitrogen and oxygen atoms in total. The molecule has 1 aromatic rings. The maximum atomic E-state index is 12.9. The van der Waals surface area contributed by atoms with E-state index in [-0.39, 0.29) is 5.82 Å². The fraction of sp³-hybridized carbons (Fsp3) is 0.400. The van der Waals surface area contributed by atoms with Gasteiger partial charge in [-0.1, -0.05) is 29.3 Å². The lowest BCUT2D eigenvalue weighted by Crippen LogP contribution is -1.97. The van der Waals surface area contributed by atoms with Crippen molar-refractivity contribution in [3.8, 4) is 0 Å². The molecule has 0 aliphatic rings. The van der Waals surface area contributed by atoms with E-state index in [0.717, 1.165) is 6.42 Å². The van der Waals surface area contributed by atoms with E-state index in [1.807, 2.05) is 6.92 Å². The van der Waals surface area contributed by atoms with Crippen LogP contribution in [0.25, 0.3) is 0 Å². The summed E-state index contributed by atoms with van der Waals surface area (Å²) >= 11 is 3.18. The molecule has 3 heteroatoms. The molecule has 0 saturated heterocycles. The topological polar surface area (TPSA) is 20.2 Å². The molecule has 72 valence electrons. The number of aliphatic hydroxyl groups excluding tert-OH is 1. The molecular formula is C10H12BrFO. The molecule has 0 unspecified atom stereocenters. The minimum Gasteiger partial charge on any atom is -0.388 e. The molecule has 0 aliphatic carbocycles. The molecule has 0 aromatic heterocycles. The largest absolute Gasteiger partial charge is 0.388 e. The summed E-state index contributed by atoms with van der Waals surface area (Å²) in [6.45, 7) is 1.98. The van der Waals surface area contributed by atoms with E-state index in [9.17, 15) is 9.50 Å². The summed E-state index contributed by atoms with van der Waals surface area (Å²) in [5.74, 6) is -0.320. The van der Waals surface area contributed by atoms with Gasteiger partial charge in [0.05, 0.1) is 6.10 Å². The number of benzene rings is 1. The Morgan fingerprint density at radius 2 is 2.15 bits per heavy atom. The van der Waals surface area contributed by atoms with Gasteiger partial charge in [0.15, 0.2) is 0 Å². The van der Waals surface area contributed by atoms with Crippen LogP contribution in [-0.2, 0) is 0 Å². The number of halogens is 2. The van der Waals surface area contributed by atoms with Gasteiger partial charge in [-0.2, -0.15) is 0 Å². The summed E-state index contributed by atoms with van der Waals surface area (Å²) in [7, 11) is 0. The van der Waals surface area contributed by atoms with E-state index >= 15 is 0 Å². The van der Waals surface area contributed by atoms with Crippen LogP contribution in [0.4, 0.5) is 4.39 Å². The lowest BCUT2D eigenvalue weighted by atomic mass is 10.1. The molecule has 0 heterocycles. The van der Waals surface area contributed by atoms with Crippen LogP contribution >= 0.6 is 15.9 Å². The average molecular weight is 247 g/mol. The fourth-order valence-corrected chi connectivity index (χ4v) is 1.69. The highest BCUT2D eigenvalue weighted by Crippen LogP contribution is 2.23. The number of rotatable bonds is 3. The zero-order valence-electron chi connectivity index (χ0n) is 7.43. The monoisotopic (exact) mass is 246 g/mol. The van der Waals surface area contributed by atoms with Crippen LogP contribution in [0.15, 0.2) is 22.7 Å². The predicted octanol–water partition coefficient (Wildman–Crippen LogP) is 3.42. The summed E-state index contributed by atoms with van der Waals surface area (Å²) in [5.41, 5.74) is 0.633. The van der Waals surface area contributed by atoms with Crippen LogP contribution in [0.1, 0.15) is 31.4 Å². The number of aliphatic hydroxyl groups is 1. The Hall–Kier alpha value is -0.410. The second-order valence-electron chi connectivity index (χ2n) is 3.01. The Balaban J connectivity index is 2.87. The van der Waals surface area contributed by atoms with Crippen molar-refractivity contribution >= 4 is 15.9 Å². The highest BCUT2D eigenvalue weighted by Gasteiger charge is 2.08. The maximum Gasteiger partial charge on any atom is 0.124 e. The summed E-state index contributed by atoms with van der Waals surface area (Å²) in [6.07, 6.45) is 0.988. The Bertz CT molecular complexity index is 268. The van der Waals surface area contributed by atoms with Crippen molar-refractivity contribution in [3.63, 3.8) is 0 Å². The third-order valence-corrected chi connectivity index (χ3v) is 2.29. The van der Waals surface area contributed by atoms with Crippen molar-refractivity contribution in [1.82, 2.24) is 0 Å². The van der Waals surface area contributed by atoms with Crippen LogP contribution in [0.3, 0.4) is 0 Å². The molecular weight excluding hydrogens is 235 g/mol. The Labute approximate surface area is 85.7 Å². The van der Waals surface area contributed by atoms with Crippen molar-refractivity contribution in [1.29, 1.82) is 0 Å². The lowest BCUT2D eigenvalue weighted by molar-refractivity contribution is 0.166. The average Bonchev–Trinajstić information content (AvgIpc) is 2.03. The quantitative estimate of drug-likeness (QED) is 0.867. The number of hydrogen-bond acceptors (Lipinski definition) is 1. The first-order chi connectivity index (χ1) is 6.13. The molecule has 0 spiro atoms. The van der Waals surface area contributed by atoms with Crippen molar-refractivity contribution < 1.29 is 9.50 Å². The molecule has 0 saturated carbocycles. The first kappa shape index (κ1) is 10.7. The van der Waals surface area contributed by atoms with Gasteiger partial charge in [0.25, 0.3) is 0 Å². The SMILES string of the molecule is CCC[C@H](O)c1cc(F)cc(Br)c1. The van der Waals surface area contributed by atoms with E-state index in [1.165, 1.54) is 12.1 Å². The maximum absolute atomic E-state index is 12.9. The van der Waals surface area contributed by atoms with Crippen LogP contribution in [0.2, 0.25) is 0 Å². The van der Waals surface area contributed by atoms with E-state index < -0.39 is 6.10 Å². The van der Waals surface area contributed by atoms with E-state index in [4.69, 9.17) is 0 Å². The highest BCUT2D eigenvalue weighted by molar-refractivity contribution is 9.10. The van der Waals surface area contributed by atoms with Gasteiger partial charge >= 0.3 is 0 Å². The second-order valence-corrected chi connectivity index (χ2v) is 3.92. The van der Waals surface area contributed by atoms with Gasteiger partial charge < -0.3 is 5.11 Å². The smallest absolute Gasteiger partial charge is 0.124 e. The third-order valence-electron chi connectivity index (χ3n) is 1.83. The Kier molecular flexibility index (Phi) is 3.88. The second kappa shape index (κ2) is 4.72. The van der Waals surface area contributed by atoms with Crippen LogP contribution < -0.4 is 0 Å². The minimum absolute atomic E-state index is 0.320. The van der Waals surface area contributed by atoms with E-state index in [2.05, 4.69) is 15.9 Å². The molecule has 0 amide bonds. The van der Waals surface area contributed by atoms with Gasteiger partial charge in [0.2, 0.25) is 0 Å². The first-order valence-electron chi connectivity index (χ1n) is 4.27. The summed E-state index contributed by atoms with van der Waals surface area (Å²) < 4.78 is 13.6. The summed E-state index contributed by atoms with van der Waals surface area (Å²) in [5, 5.41) is 9.58. The van der Waals surface area contributed by atoms with Crippen molar-refractivity contribution in [3.05, 3.63) is 34.1 Å². The lowest BCUT2D eigenvalue weighted by Gasteiger charge is -2.09. The third kappa shape index (κ3) is 3.08. The summed E-state index contributed by atoms with van der Waals surface area (Å²) in [4.78, 5) is 0. The van der Waals surface area contributed by atoms with Crippen LogP contribution in [-0.4, -0.2) is 5.11 Å². The normalized spacial score (nSPS) is 12.9. The van der Waals surface area contributed by atoms with Gasteiger partial charge in [-0.25, -0.2) is 4.39 Å². The van der Waals surface area contributed by atoms with Crippen LogP contribution in [0, 0.1) is 5.82 Å². The Morgan fingerprint density at radius 3 is 2.69 bits per heavy atom. The molecule has 0 aliphatic heterocycles. The van der Waals surface area contributed by atoms with Gasteiger partial charge in [-0.3, -0.25) is 0 Å². The molecule has 0 bridgehead atoms. The number of hydrogen-bond donors (Lipinski definition) is 1. The molecule has 0 radical (unpaired) electrons. The Morgan fingerprint density at radius 1 is 1.46 bits per heavy atom. The predicted molar refractivity (Wildman–Crippen MR) is 54.0 cm³/mol. The molecule has 0 fully saturated rings. The molecule has 1 aromatic carbocycles. The van der Waals surface area contributed by atoms with Crippen molar-refractivity contribution in [2.75, 3.05) is 0 Å². The fourth-order valence-electron chi connectivity index (χ4n) is 1.21. The summed E-state index contributed by atoms with van der Waals surface area (Å²) in [6, 6.07) is 4.48. The van der Waals surface area contributed by atoms with Gasteiger partial charge in [0, 0.05) is 4.47 Å². The van der Waals surface area contributed by atoms with Crippen molar-refractivity contribution in [2.24, 2.45) is 0 Å².